The fourth-order valence-corrected chi connectivity index (χ4v) is 1.96. The molecular weight excluding hydrogens is 235 g/mol. The third kappa shape index (κ3) is 3.03. The molecule has 1 aromatic carbocycles. The van der Waals surface area contributed by atoms with Gasteiger partial charge in [-0.05, 0) is 37.6 Å². The van der Waals surface area contributed by atoms with E-state index in [2.05, 4.69) is 10.1 Å². The maximum Gasteiger partial charge on any atom is 0.573 e. The summed E-state index contributed by atoms with van der Waals surface area (Å²) in [5.74, 6) is -0.321. The van der Waals surface area contributed by atoms with Crippen LogP contribution < -0.4 is 10.1 Å². The lowest BCUT2D eigenvalue weighted by Gasteiger charge is -2.15. The zero-order chi connectivity index (χ0) is 12.5. The molecule has 94 valence electrons. The molecule has 1 fully saturated rings. The summed E-state index contributed by atoms with van der Waals surface area (Å²) >= 11 is 0. The summed E-state index contributed by atoms with van der Waals surface area (Å²) in [5.41, 5.74) is 0.448. The summed E-state index contributed by atoms with van der Waals surface area (Å²) < 4.78 is 40.0. The Labute approximate surface area is 96.2 Å². The third-order valence-corrected chi connectivity index (χ3v) is 2.67. The number of aromatic hydroxyl groups is 1. The van der Waals surface area contributed by atoms with Crippen molar-refractivity contribution in [2.75, 3.05) is 6.54 Å². The van der Waals surface area contributed by atoms with Crippen LogP contribution >= 0.6 is 0 Å². The van der Waals surface area contributed by atoms with Gasteiger partial charge in [0.15, 0.2) is 0 Å². The summed E-state index contributed by atoms with van der Waals surface area (Å²) in [5, 5.41) is 12.7. The first-order valence-corrected chi connectivity index (χ1v) is 5.28. The number of alkyl halides is 3. The minimum Gasteiger partial charge on any atom is -0.508 e. The second-order valence-electron chi connectivity index (χ2n) is 3.92. The quantitative estimate of drug-likeness (QED) is 0.844. The van der Waals surface area contributed by atoms with Crippen LogP contribution in [0.15, 0.2) is 18.2 Å². The topological polar surface area (TPSA) is 41.5 Å². The minimum atomic E-state index is -4.71. The molecular formula is C11H12F3NO2. The Kier molecular flexibility index (Phi) is 3.15. The van der Waals surface area contributed by atoms with Gasteiger partial charge in [0.25, 0.3) is 0 Å². The van der Waals surface area contributed by atoms with Gasteiger partial charge in [0.2, 0.25) is 0 Å². The highest BCUT2D eigenvalue weighted by Gasteiger charge is 2.31. The summed E-state index contributed by atoms with van der Waals surface area (Å²) in [6.45, 7) is 0.800. The van der Waals surface area contributed by atoms with Gasteiger partial charge in [0.1, 0.15) is 11.5 Å². The van der Waals surface area contributed by atoms with Crippen molar-refractivity contribution in [1.29, 1.82) is 0 Å². The zero-order valence-corrected chi connectivity index (χ0v) is 8.92. The molecule has 3 nitrogen and oxygen atoms in total. The molecule has 17 heavy (non-hydrogen) atoms. The average molecular weight is 247 g/mol. The number of hydrogen-bond donors (Lipinski definition) is 2. The van der Waals surface area contributed by atoms with E-state index in [0.29, 0.717) is 5.56 Å². The Morgan fingerprint density at radius 3 is 2.71 bits per heavy atom. The second-order valence-corrected chi connectivity index (χ2v) is 3.92. The van der Waals surface area contributed by atoms with Gasteiger partial charge >= 0.3 is 6.36 Å². The number of nitrogens with one attached hydrogen (secondary N) is 1. The molecule has 2 rings (SSSR count). The van der Waals surface area contributed by atoms with Crippen molar-refractivity contribution >= 4 is 0 Å². The smallest absolute Gasteiger partial charge is 0.508 e. The largest absolute Gasteiger partial charge is 0.573 e. The molecule has 1 atom stereocenters. The van der Waals surface area contributed by atoms with Crippen molar-refractivity contribution < 1.29 is 23.0 Å². The summed E-state index contributed by atoms with van der Waals surface area (Å²) in [4.78, 5) is 0. The van der Waals surface area contributed by atoms with Gasteiger partial charge in [-0.15, -0.1) is 13.2 Å². The molecule has 0 saturated carbocycles. The van der Waals surface area contributed by atoms with Gasteiger partial charge in [-0.1, -0.05) is 0 Å². The number of rotatable bonds is 2. The van der Waals surface area contributed by atoms with Gasteiger partial charge < -0.3 is 15.2 Å². The van der Waals surface area contributed by atoms with Crippen LogP contribution in [0.3, 0.4) is 0 Å². The van der Waals surface area contributed by atoms with Crippen molar-refractivity contribution in [3.05, 3.63) is 23.8 Å². The fraction of sp³-hybridized carbons (Fsp3) is 0.455. The number of hydrogen-bond acceptors (Lipinski definition) is 3. The molecule has 1 aliphatic rings. The summed E-state index contributed by atoms with van der Waals surface area (Å²) in [6, 6.07) is 3.44. The Morgan fingerprint density at radius 1 is 1.35 bits per heavy atom. The molecule has 0 aromatic heterocycles. The van der Waals surface area contributed by atoms with E-state index in [1.807, 2.05) is 0 Å². The maximum absolute atomic E-state index is 12.1. The van der Waals surface area contributed by atoms with Crippen LogP contribution in [0, 0.1) is 0 Å². The lowest BCUT2D eigenvalue weighted by Crippen LogP contribution is -2.18. The van der Waals surface area contributed by atoms with Crippen molar-refractivity contribution in [3.63, 3.8) is 0 Å². The summed E-state index contributed by atoms with van der Waals surface area (Å²) in [6.07, 6.45) is -2.98. The predicted octanol–water partition coefficient (Wildman–Crippen LogP) is 2.72. The molecule has 6 heteroatoms. The summed E-state index contributed by atoms with van der Waals surface area (Å²) in [7, 11) is 0. The van der Waals surface area contributed by atoms with Crippen molar-refractivity contribution in [2.24, 2.45) is 0 Å². The normalized spacial score (nSPS) is 20.5. The first kappa shape index (κ1) is 12.0. The highest BCUT2D eigenvalue weighted by Crippen LogP contribution is 2.34. The molecule has 2 N–H and O–H groups in total. The van der Waals surface area contributed by atoms with Crippen LogP contribution in [0.5, 0.6) is 11.5 Å². The lowest BCUT2D eigenvalue weighted by molar-refractivity contribution is -0.274. The Bertz CT molecular complexity index is 400. The van der Waals surface area contributed by atoms with E-state index in [1.54, 1.807) is 0 Å². The van der Waals surface area contributed by atoms with Gasteiger partial charge in [-0.25, -0.2) is 0 Å². The van der Waals surface area contributed by atoms with Crippen LogP contribution in [0.4, 0.5) is 13.2 Å². The highest BCUT2D eigenvalue weighted by atomic mass is 19.4. The number of ether oxygens (including phenoxy) is 1. The molecule has 0 spiro atoms. The van der Waals surface area contributed by atoms with E-state index < -0.39 is 6.36 Å². The van der Waals surface area contributed by atoms with Crippen LogP contribution in [0.1, 0.15) is 24.4 Å². The molecule has 1 aromatic rings. The van der Waals surface area contributed by atoms with Gasteiger partial charge in [0, 0.05) is 11.6 Å². The maximum atomic E-state index is 12.1. The van der Waals surface area contributed by atoms with Gasteiger partial charge in [-0.2, -0.15) is 0 Å². The van der Waals surface area contributed by atoms with Crippen LogP contribution in [-0.4, -0.2) is 18.0 Å². The Hall–Kier alpha value is -1.43. The van der Waals surface area contributed by atoms with Crippen LogP contribution in [0.2, 0.25) is 0 Å². The predicted molar refractivity (Wildman–Crippen MR) is 54.8 cm³/mol. The standard InChI is InChI=1S/C11H12F3NO2/c12-11(13,14)17-7-3-4-10(16)8(6-7)9-2-1-5-15-9/h3-4,6,9,15-16H,1-2,5H2/t9-/m0/s1. The van der Waals surface area contributed by atoms with Crippen molar-refractivity contribution in [2.45, 2.75) is 25.2 Å². The molecule has 0 amide bonds. The van der Waals surface area contributed by atoms with E-state index >= 15 is 0 Å². The minimum absolute atomic E-state index is 0.0149. The van der Waals surface area contributed by atoms with Crippen LogP contribution in [0.25, 0.3) is 0 Å². The second kappa shape index (κ2) is 4.44. The van der Waals surface area contributed by atoms with E-state index in [0.717, 1.165) is 25.5 Å². The molecule has 0 unspecified atom stereocenters. The van der Waals surface area contributed by atoms with E-state index in [9.17, 15) is 18.3 Å². The number of halogens is 3. The highest BCUT2D eigenvalue weighted by molar-refractivity contribution is 5.41. The Balaban J connectivity index is 2.22. The van der Waals surface area contributed by atoms with Gasteiger partial charge in [-0.3, -0.25) is 0 Å². The molecule has 0 aliphatic carbocycles. The van der Waals surface area contributed by atoms with Crippen molar-refractivity contribution in [1.82, 2.24) is 5.32 Å². The zero-order valence-electron chi connectivity index (χ0n) is 8.92. The van der Waals surface area contributed by atoms with E-state index in [1.165, 1.54) is 12.1 Å². The molecule has 1 saturated heterocycles. The average Bonchev–Trinajstić information content (AvgIpc) is 2.72. The third-order valence-electron chi connectivity index (χ3n) is 2.67. The first-order chi connectivity index (χ1) is 7.96. The first-order valence-electron chi connectivity index (χ1n) is 5.28. The van der Waals surface area contributed by atoms with Crippen molar-refractivity contribution in [3.8, 4) is 11.5 Å². The van der Waals surface area contributed by atoms with Crippen LogP contribution in [-0.2, 0) is 0 Å². The van der Waals surface area contributed by atoms with Gasteiger partial charge in [0.05, 0.1) is 0 Å². The number of phenols is 1. The number of phenolic OH excluding ortho intramolecular Hbond substituents is 1. The molecule has 0 radical (unpaired) electrons. The van der Waals surface area contributed by atoms with E-state index in [4.69, 9.17) is 0 Å². The Morgan fingerprint density at radius 2 is 2.12 bits per heavy atom. The number of benzene rings is 1. The lowest BCUT2D eigenvalue weighted by atomic mass is 10.0. The van der Waals surface area contributed by atoms with E-state index in [-0.39, 0.29) is 17.5 Å². The molecule has 1 aliphatic heterocycles. The fourth-order valence-electron chi connectivity index (χ4n) is 1.96. The SMILES string of the molecule is Oc1ccc(OC(F)(F)F)cc1[C@@H]1CCCN1. The molecule has 1 heterocycles. The molecule has 0 bridgehead atoms. The monoisotopic (exact) mass is 247 g/mol.